The molecule has 2 fully saturated rings. The first-order valence-electron chi connectivity index (χ1n) is 7.26. The van der Waals surface area contributed by atoms with E-state index in [1.165, 1.54) is 0 Å². The summed E-state index contributed by atoms with van der Waals surface area (Å²) in [5.41, 5.74) is 0. The Morgan fingerprint density at radius 1 is 1.20 bits per heavy atom. The van der Waals surface area contributed by atoms with Gasteiger partial charge >= 0.3 is 0 Å². The van der Waals surface area contributed by atoms with Crippen LogP contribution in [0.3, 0.4) is 0 Å². The highest BCUT2D eigenvalue weighted by atomic mass is 28.4. The van der Waals surface area contributed by atoms with Crippen LogP contribution in [0.4, 0.5) is 0 Å². The molecule has 0 radical (unpaired) electrons. The molecule has 3 unspecified atom stereocenters. The molecule has 1 N–H and O–H groups in total. The summed E-state index contributed by atoms with van der Waals surface area (Å²) in [5.74, 6) is -0.693. The van der Waals surface area contributed by atoms with Gasteiger partial charge in [0.05, 0.1) is 6.61 Å². The Hall–Kier alpha value is 0.0169. The minimum atomic E-state index is -1.84. The molecule has 6 heteroatoms. The molecule has 2 aliphatic rings. The SMILES string of the molecule is CC1(C)OC2O[C@H](CO[Si](C)(C)C(C)(C)C)C(O)C2O1. The lowest BCUT2D eigenvalue weighted by molar-refractivity contribution is -0.217. The second-order valence-electron chi connectivity index (χ2n) is 7.70. The zero-order valence-corrected chi connectivity index (χ0v) is 14.6. The molecule has 0 bridgehead atoms. The van der Waals surface area contributed by atoms with Crippen LogP contribution in [0.15, 0.2) is 0 Å². The molecule has 0 spiro atoms. The minimum Gasteiger partial charge on any atom is -0.414 e. The maximum atomic E-state index is 10.3. The van der Waals surface area contributed by atoms with E-state index in [2.05, 4.69) is 33.9 Å². The van der Waals surface area contributed by atoms with Gasteiger partial charge in [0, 0.05) is 0 Å². The molecule has 0 aromatic heterocycles. The van der Waals surface area contributed by atoms with Crippen LogP contribution in [0.2, 0.25) is 18.1 Å². The van der Waals surface area contributed by atoms with E-state index in [9.17, 15) is 5.11 Å². The molecule has 2 heterocycles. The van der Waals surface area contributed by atoms with Gasteiger partial charge in [-0.25, -0.2) is 0 Å². The standard InChI is InChI=1S/C14H28O5Si/c1-13(2,3)20(6,7)16-8-9-10(15)11-12(17-9)19-14(4,5)18-11/h9-12,15H,8H2,1-7H3/t9-,10?,11?,12?/m1/s1. The number of hydrogen-bond donors (Lipinski definition) is 1. The quantitative estimate of drug-likeness (QED) is 0.810. The first-order chi connectivity index (χ1) is 8.93. The summed E-state index contributed by atoms with van der Waals surface area (Å²) in [4.78, 5) is 0. The lowest BCUT2D eigenvalue weighted by Crippen LogP contribution is -2.45. The van der Waals surface area contributed by atoms with Gasteiger partial charge in [0.1, 0.15) is 18.3 Å². The highest BCUT2D eigenvalue weighted by Gasteiger charge is 2.54. The van der Waals surface area contributed by atoms with Gasteiger partial charge in [-0.3, -0.25) is 0 Å². The fraction of sp³-hybridized carbons (Fsp3) is 1.00. The van der Waals surface area contributed by atoms with Crippen LogP contribution in [0.1, 0.15) is 34.6 Å². The maximum Gasteiger partial charge on any atom is 0.192 e. The third kappa shape index (κ3) is 3.10. The largest absolute Gasteiger partial charge is 0.414 e. The molecule has 0 aromatic rings. The Bertz CT molecular complexity index is 363. The van der Waals surface area contributed by atoms with E-state index in [0.29, 0.717) is 6.61 Å². The highest BCUT2D eigenvalue weighted by molar-refractivity contribution is 6.74. The van der Waals surface area contributed by atoms with Gasteiger partial charge in [-0.15, -0.1) is 0 Å². The fourth-order valence-corrected chi connectivity index (χ4v) is 3.22. The summed E-state index contributed by atoms with van der Waals surface area (Å²) in [6.07, 6.45) is -1.99. The summed E-state index contributed by atoms with van der Waals surface area (Å²) < 4.78 is 23.1. The average Bonchev–Trinajstić information content (AvgIpc) is 2.69. The van der Waals surface area contributed by atoms with Crippen molar-refractivity contribution in [3.05, 3.63) is 0 Å². The first-order valence-corrected chi connectivity index (χ1v) is 10.2. The molecular weight excluding hydrogens is 276 g/mol. The Morgan fingerprint density at radius 3 is 2.30 bits per heavy atom. The van der Waals surface area contributed by atoms with E-state index >= 15 is 0 Å². The third-order valence-corrected chi connectivity index (χ3v) is 9.03. The molecule has 0 aliphatic carbocycles. The van der Waals surface area contributed by atoms with Gasteiger partial charge in [-0.2, -0.15) is 0 Å². The van der Waals surface area contributed by atoms with Crippen LogP contribution < -0.4 is 0 Å². The van der Waals surface area contributed by atoms with E-state index in [-0.39, 0.29) is 11.1 Å². The molecule has 0 amide bonds. The second-order valence-corrected chi connectivity index (χ2v) is 12.5. The van der Waals surface area contributed by atoms with Gasteiger partial charge in [0.25, 0.3) is 0 Å². The van der Waals surface area contributed by atoms with Crippen molar-refractivity contribution in [3.8, 4) is 0 Å². The minimum absolute atomic E-state index is 0.140. The molecule has 118 valence electrons. The number of fused-ring (bicyclic) bond motifs is 1. The van der Waals surface area contributed by atoms with Crippen molar-refractivity contribution in [3.63, 3.8) is 0 Å². The monoisotopic (exact) mass is 304 g/mol. The molecule has 2 rings (SSSR count). The summed E-state index contributed by atoms with van der Waals surface area (Å²) >= 11 is 0. The Balaban J connectivity index is 1.91. The van der Waals surface area contributed by atoms with Crippen LogP contribution >= 0.6 is 0 Å². The lowest BCUT2D eigenvalue weighted by atomic mass is 10.1. The van der Waals surface area contributed by atoms with Gasteiger partial charge in [0.15, 0.2) is 20.4 Å². The van der Waals surface area contributed by atoms with E-state index < -0.39 is 32.6 Å². The number of hydrogen-bond acceptors (Lipinski definition) is 5. The first kappa shape index (κ1) is 16.4. The smallest absolute Gasteiger partial charge is 0.192 e. The van der Waals surface area contributed by atoms with E-state index in [1.54, 1.807) is 0 Å². The predicted octanol–water partition coefficient (Wildman–Crippen LogP) is 2.25. The maximum absolute atomic E-state index is 10.3. The van der Waals surface area contributed by atoms with Crippen LogP contribution in [-0.2, 0) is 18.6 Å². The van der Waals surface area contributed by atoms with Gasteiger partial charge in [0.2, 0.25) is 0 Å². The topological polar surface area (TPSA) is 57.2 Å². The number of rotatable bonds is 3. The van der Waals surface area contributed by atoms with Crippen molar-refractivity contribution in [2.24, 2.45) is 0 Å². The van der Waals surface area contributed by atoms with Gasteiger partial charge < -0.3 is 23.7 Å². The molecular formula is C14H28O5Si. The lowest BCUT2D eigenvalue weighted by Gasteiger charge is -2.37. The summed E-state index contributed by atoms with van der Waals surface area (Å²) in [7, 11) is -1.84. The molecule has 20 heavy (non-hydrogen) atoms. The Kier molecular flexibility index (Phi) is 4.13. The molecule has 0 aromatic carbocycles. The normalized spacial score (nSPS) is 37.2. The zero-order valence-electron chi connectivity index (χ0n) is 13.6. The fourth-order valence-electron chi connectivity index (χ4n) is 2.20. The summed E-state index contributed by atoms with van der Waals surface area (Å²) in [6.45, 7) is 15.0. The van der Waals surface area contributed by atoms with E-state index in [1.807, 2.05) is 13.8 Å². The van der Waals surface area contributed by atoms with Crippen molar-refractivity contribution in [2.45, 2.75) is 83.1 Å². The van der Waals surface area contributed by atoms with E-state index in [0.717, 1.165) is 0 Å². The molecule has 4 atom stereocenters. The van der Waals surface area contributed by atoms with Gasteiger partial charge in [-0.05, 0) is 32.0 Å². The number of ether oxygens (including phenoxy) is 3. The predicted molar refractivity (Wildman–Crippen MR) is 77.9 cm³/mol. The van der Waals surface area contributed by atoms with Crippen molar-refractivity contribution in [1.82, 2.24) is 0 Å². The van der Waals surface area contributed by atoms with Crippen molar-refractivity contribution in [2.75, 3.05) is 6.61 Å². The zero-order chi connectivity index (χ0) is 15.3. The number of aliphatic hydroxyl groups is 1. The van der Waals surface area contributed by atoms with Crippen molar-refractivity contribution in [1.29, 1.82) is 0 Å². The van der Waals surface area contributed by atoms with Crippen molar-refractivity contribution < 1.29 is 23.7 Å². The van der Waals surface area contributed by atoms with Crippen LogP contribution in [0, 0.1) is 0 Å². The van der Waals surface area contributed by atoms with Crippen LogP contribution in [-0.4, -0.2) is 50.4 Å². The molecule has 5 nitrogen and oxygen atoms in total. The van der Waals surface area contributed by atoms with E-state index in [4.69, 9.17) is 18.6 Å². The Labute approximate surface area is 122 Å². The third-order valence-electron chi connectivity index (χ3n) is 4.53. The van der Waals surface area contributed by atoms with Crippen LogP contribution in [0.25, 0.3) is 0 Å². The number of aliphatic hydroxyl groups excluding tert-OH is 1. The van der Waals surface area contributed by atoms with Gasteiger partial charge in [-0.1, -0.05) is 20.8 Å². The summed E-state index contributed by atoms with van der Waals surface area (Å²) in [5, 5.41) is 10.4. The highest BCUT2D eigenvalue weighted by Crippen LogP contribution is 2.40. The van der Waals surface area contributed by atoms with Crippen molar-refractivity contribution >= 4 is 8.32 Å². The molecule has 0 saturated carbocycles. The Morgan fingerprint density at radius 2 is 1.80 bits per heavy atom. The summed E-state index contributed by atoms with van der Waals surface area (Å²) in [6, 6.07) is 0. The molecule has 2 saturated heterocycles. The molecule has 2 aliphatic heterocycles. The average molecular weight is 304 g/mol. The van der Waals surface area contributed by atoms with Crippen LogP contribution in [0.5, 0.6) is 0 Å². The second kappa shape index (κ2) is 5.03.